The molecule has 0 fully saturated rings. The predicted octanol–water partition coefficient (Wildman–Crippen LogP) is 4.97. The first-order chi connectivity index (χ1) is 13.8. The first kappa shape index (κ1) is 20.6. The van der Waals surface area contributed by atoms with Crippen LogP contribution in [0.5, 0.6) is 0 Å². The van der Waals surface area contributed by atoms with Crippen LogP contribution in [0.3, 0.4) is 0 Å². The van der Waals surface area contributed by atoms with Gasteiger partial charge in [0, 0.05) is 15.5 Å². The van der Waals surface area contributed by atoms with Gasteiger partial charge in [0.25, 0.3) is 5.91 Å². The van der Waals surface area contributed by atoms with E-state index >= 15 is 0 Å². The molecule has 0 atom stereocenters. The van der Waals surface area contributed by atoms with E-state index in [4.69, 9.17) is 0 Å². The van der Waals surface area contributed by atoms with Crippen molar-refractivity contribution in [1.82, 2.24) is 4.98 Å². The van der Waals surface area contributed by atoms with Gasteiger partial charge >= 0.3 is 5.97 Å². The van der Waals surface area contributed by atoms with Crippen molar-refractivity contribution in [3.8, 4) is 0 Å². The molecule has 0 radical (unpaired) electrons. The van der Waals surface area contributed by atoms with Gasteiger partial charge in [0.2, 0.25) is 0 Å². The van der Waals surface area contributed by atoms with Gasteiger partial charge in [-0.05, 0) is 71.5 Å². The number of benzene rings is 2. The molecule has 0 saturated heterocycles. The Bertz CT molecular complexity index is 1110. The zero-order valence-electron chi connectivity index (χ0n) is 15.0. The second-order valence-corrected chi connectivity index (χ2v) is 7.31. The fourth-order valence-corrected chi connectivity index (χ4v) is 3.27. The second kappa shape index (κ2) is 8.52. The molecule has 1 aromatic heterocycles. The van der Waals surface area contributed by atoms with Gasteiger partial charge in [-0.15, -0.1) is 0 Å². The highest BCUT2D eigenvalue weighted by Gasteiger charge is 2.26. The van der Waals surface area contributed by atoms with Crippen molar-refractivity contribution in [3.05, 3.63) is 80.7 Å². The maximum Gasteiger partial charge on any atom is 0.338 e. The molecule has 0 saturated carbocycles. The predicted molar refractivity (Wildman–Crippen MR) is 113 cm³/mol. The number of aromatic nitrogens is 1. The van der Waals surface area contributed by atoms with Crippen molar-refractivity contribution >= 4 is 51.5 Å². The molecule has 3 N–H and O–H groups in total. The Morgan fingerprint density at radius 1 is 1.10 bits per heavy atom. The fraction of sp³-hybridized carbons (Fsp3) is 0.0500. The van der Waals surface area contributed by atoms with E-state index in [0.29, 0.717) is 11.4 Å². The number of aryl methyl sites for hydroxylation is 1. The molecular formula is C20H14F2IN3O3. The Balaban J connectivity index is 2.11. The van der Waals surface area contributed by atoms with Crippen LogP contribution in [0.4, 0.5) is 25.8 Å². The lowest BCUT2D eigenvalue weighted by molar-refractivity contribution is 0.0690. The number of pyridine rings is 1. The first-order valence-corrected chi connectivity index (χ1v) is 9.35. The number of anilines is 3. The molecule has 0 unspecified atom stereocenters. The summed E-state index contributed by atoms with van der Waals surface area (Å²) in [6.45, 7) is 1.76. The van der Waals surface area contributed by atoms with Crippen LogP contribution in [0.2, 0.25) is 0 Å². The smallest absolute Gasteiger partial charge is 0.338 e. The lowest BCUT2D eigenvalue weighted by Crippen LogP contribution is -2.18. The number of hydrogen-bond acceptors (Lipinski definition) is 4. The van der Waals surface area contributed by atoms with Crippen LogP contribution in [-0.2, 0) is 0 Å². The molecule has 0 aliphatic heterocycles. The van der Waals surface area contributed by atoms with Crippen LogP contribution in [0, 0.1) is 22.1 Å². The van der Waals surface area contributed by atoms with E-state index in [1.807, 2.05) is 6.07 Å². The van der Waals surface area contributed by atoms with E-state index in [2.05, 4.69) is 38.2 Å². The Morgan fingerprint density at radius 2 is 1.86 bits per heavy atom. The van der Waals surface area contributed by atoms with E-state index in [1.54, 1.807) is 31.2 Å². The molecule has 0 spiro atoms. The quantitative estimate of drug-likeness (QED) is 0.423. The van der Waals surface area contributed by atoms with Crippen LogP contribution in [0.15, 0.2) is 48.8 Å². The van der Waals surface area contributed by atoms with Gasteiger partial charge < -0.3 is 15.7 Å². The van der Waals surface area contributed by atoms with Gasteiger partial charge in [-0.25, -0.2) is 13.6 Å². The van der Waals surface area contributed by atoms with Gasteiger partial charge in [0.1, 0.15) is 0 Å². The number of aromatic carboxylic acids is 1. The van der Waals surface area contributed by atoms with Crippen LogP contribution in [0.25, 0.3) is 0 Å². The summed E-state index contributed by atoms with van der Waals surface area (Å²) in [5, 5.41) is 14.4. The summed E-state index contributed by atoms with van der Waals surface area (Å²) < 4.78 is 30.0. The highest BCUT2D eigenvalue weighted by molar-refractivity contribution is 14.1. The molecular weight excluding hydrogens is 495 g/mol. The molecule has 6 nitrogen and oxygen atoms in total. The van der Waals surface area contributed by atoms with Crippen molar-refractivity contribution in [2.75, 3.05) is 10.6 Å². The topological polar surface area (TPSA) is 91.3 Å². The number of rotatable bonds is 5. The van der Waals surface area contributed by atoms with E-state index in [0.717, 1.165) is 15.2 Å². The normalized spacial score (nSPS) is 10.5. The van der Waals surface area contributed by atoms with Crippen LogP contribution in [0.1, 0.15) is 26.3 Å². The molecule has 3 aromatic rings. The minimum Gasteiger partial charge on any atom is -0.478 e. The molecule has 0 aliphatic carbocycles. The molecule has 148 valence electrons. The number of carbonyl (C=O) groups excluding carboxylic acids is 1. The molecule has 0 aliphatic rings. The number of carboxylic acids is 1. The first-order valence-electron chi connectivity index (χ1n) is 8.27. The number of nitrogens with zero attached hydrogens (tertiary/aromatic N) is 1. The largest absolute Gasteiger partial charge is 0.478 e. The zero-order chi connectivity index (χ0) is 21.1. The van der Waals surface area contributed by atoms with Crippen molar-refractivity contribution in [1.29, 1.82) is 0 Å². The Morgan fingerprint density at radius 3 is 2.48 bits per heavy atom. The Labute approximate surface area is 178 Å². The number of carboxylic acid groups (broad SMARTS) is 1. The van der Waals surface area contributed by atoms with E-state index < -0.39 is 34.8 Å². The molecule has 1 heterocycles. The lowest BCUT2D eigenvalue weighted by Gasteiger charge is -2.16. The number of nitrogens with one attached hydrogen (secondary N) is 2. The number of carbonyl (C=O) groups is 2. The molecule has 29 heavy (non-hydrogen) atoms. The van der Waals surface area contributed by atoms with E-state index in [-0.39, 0.29) is 5.56 Å². The highest BCUT2D eigenvalue weighted by atomic mass is 127. The Hall–Kier alpha value is -3.08. The minimum absolute atomic E-state index is 0.315. The minimum atomic E-state index is -1.69. The molecule has 3 rings (SSSR count). The molecule has 0 bridgehead atoms. The Kier molecular flexibility index (Phi) is 6.06. The van der Waals surface area contributed by atoms with Gasteiger partial charge in [-0.1, -0.05) is 0 Å². The zero-order valence-corrected chi connectivity index (χ0v) is 17.1. The van der Waals surface area contributed by atoms with Crippen molar-refractivity contribution in [3.63, 3.8) is 0 Å². The summed E-state index contributed by atoms with van der Waals surface area (Å²) in [4.78, 5) is 27.9. The summed E-state index contributed by atoms with van der Waals surface area (Å²) in [6, 6.07) is 9.17. The second-order valence-electron chi connectivity index (χ2n) is 6.06. The van der Waals surface area contributed by atoms with Gasteiger partial charge in [0.15, 0.2) is 11.6 Å². The van der Waals surface area contributed by atoms with Gasteiger partial charge in [-0.2, -0.15) is 0 Å². The molecule has 9 heteroatoms. The van der Waals surface area contributed by atoms with Gasteiger partial charge in [0.05, 0.1) is 28.7 Å². The summed E-state index contributed by atoms with van der Waals surface area (Å²) in [7, 11) is 0. The maximum absolute atomic E-state index is 14.8. The SMILES string of the molecule is Cc1cc(I)ccc1Nc1c(C(=O)Nc2cccnc2)cc(C(=O)O)c(F)c1F. The van der Waals surface area contributed by atoms with Crippen molar-refractivity contribution in [2.45, 2.75) is 6.92 Å². The third-order valence-corrected chi connectivity index (χ3v) is 4.72. The van der Waals surface area contributed by atoms with Gasteiger partial charge in [-0.3, -0.25) is 9.78 Å². The third-order valence-electron chi connectivity index (χ3n) is 4.05. The van der Waals surface area contributed by atoms with Crippen LogP contribution < -0.4 is 10.6 Å². The van der Waals surface area contributed by atoms with E-state index in [1.165, 1.54) is 12.4 Å². The average molecular weight is 509 g/mol. The lowest BCUT2D eigenvalue weighted by atomic mass is 10.0. The number of hydrogen-bond donors (Lipinski definition) is 3. The number of halogens is 3. The van der Waals surface area contributed by atoms with Crippen LogP contribution in [-0.4, -0.2) is 22.0 Å². The fourth-order valence-electron chi connectivity index (χ4n) is 2.62. The standard InChI is InChI=1S/C20H14F2IN3O3/c1-10-7-11(23)4-5-15(10)26-18-14(8-13(20(28)29)16(21)17(18)22)19(27)25-12-3-2-6-24-9-12/h2-9,26H,1H3,(H,25,27)(H,28,29). The third kappa shape index (κ3) is 4.50. The summed E-state index contributed by atoms with van der Waals surface area (Å²) in [5.41, 5.74) is -0.264. The van der Waals surface area contributed by atoms with Crippen molar-refractivity contribution < 1.29 is 23.5 Å². The van der Waals surface area contributed by atoms with Crippen LogP contribution >= 0.6 is 22.6 Å². The molecule has 1 amide bonds. The monoisotopic (exact) mass is 509 g/mol. The van der Waals surface area contributed by atoms with E-state index in [9.17, 15) is 23.5 Å². The maximum atomic E-state index is 14.8. The summed E-state index contributed by atoms with van der Waals surface area (Å²) in [5.74, 6) is -5.51. The molecule has 2 aromatic carbocycles. The number of amides is 1. The average Bonchev–Trinajstić information content (AvgIpc) is 2.67. The van der Waals surface area contributed by atoms with Crippen molar-refractivity contribution in [2.24, 2.45) is 0 Å². The summed E-state index contributed by atoms with van der Waals surface area (Å²) >= 11 is 2.11. The highest BCUT2D eigenvalue weighted by Crippen LogP contribution is 2.31. The summed E-state index contributed by atoms with van der Waals surface area (Å²) in [6.07, 6.45) is 2.87.